The maximum Gasteiger partial charge on any atom is 0.324 e. The number of aromatic nitrogens is 2. The van der Waals surface area contributed by atoms with Crippen molar-refractivity contribution in [1.82, 2.24) is 9.97 Å². The second-order valence-corrected chi connectivity index (χ2v) is 7.34. The van der Waals surface area contributed by atoms with E-state index in [0.717, 1.165) is 10.3 Å². The van der Waals surface area contributed by atoms with Crippen LogP contribution in [0.15, 0.2) is 60.9 Å². The van der Waals surface area contributed by atoms with Crippen LogP contribution in [0.2, 0.25) is 0 Å². The van der Waals surface area contributed by atoms with E-state index < -0.39 is 6.03 Å². The van der Waals surface area contributed by atoms with Crippen molar-refractivity contribution in [3.8, 4) is 10.4 Å². The Hall–Kier alpha value is -3.65. The van der Waals surface area contributed by atoms with E-state index in [9.17, 15) is 14.0 Å². The van der Waals surface area contributed by atoms with Gasteiger partial charge >= 0.3 is 6.03 Å². The Bertz CT molecular complexity index is 1220. The molecule has 0 aliphatic carbocycles. The molecule has 29 heavy (non-hydrogen) atoms. The number of benzene rings is 1. The van der Waals surface area contributed by atoms with Gasteiger partial charge in [-0.1, -0.05) is 0 Å². The lowest BCUT2D eigenvalue weighted by molar-refractivity contribution is 0.102. The van der Waals surface area contributed by atoms with Crippen LogP contribution in [0.25, 0.3) is 21.3 Å². The van der Waals surface area contributed by atoms with E-state index in [0.29, 0.717) is 27.5 Å². The highest BCUT2D eigenvalue weighted by molar-refractivity contribution is 7.17. The van der Waals surface area contributed by atoms with E-state index in [1.807, 2.05) is 12.1 Å². The number of rotatable bonds is 4. The number of nitrogens with zero attached hydrogens (tertiary/aromatic N) is 2. The number of Topliss-reactive ketones (excluding diaryl/α,β-unsaturated/α-hetero) is 1. The molecule has 0 fully saturated rings. The number of thiophene rings is 1. The Balaban J connectivity index is 1.70. The third kappa shape index (κ3) is 4.12. The second kappa shape index (κ2) is 7.76. The molecule has 2 N–H and O–H groups in total. The number of amides is 2. The summed E-state index contributed by atoms with van der Waals surface area (Å²) in [5.41, 5.74) is 1.80. The van der Waals surface area contributed by atoms with Gasteiger partial charge in [0.1, 0.15) is 11.6 Å². The van der Waals surface area contributed by atoms with E-state index in [4.69, 9.17) is 0 Å². The smallest absolute Gasteiger partial charge is 0.308 e. The summed E-state index contributed by atoms with van der Waals surface area (Å²) in [7, 11) is 0. The standard InChI is InChI=1S/C21H15FN4O2S/c1-12(27)18-6-7-19(29-18)16-10-13-11-23-9-8-17(13)25-20(16)26-21(28)24-15-4-2-14(22)3-5-15/h2-11H,1H3,(H2,24,25,26,28). The topological polar surface area (TPSA) is 84.0 Å². The minimum absolute atomic E-state index is 0.0276. The molecule has 1 aromatic carbocycles. The molecule has 8 heteroatoms. The Morgan fingerprint density at radius 1 is 1.03 bits per heavy atom. The van der Waals surface area contributed by atoms with Crippen molar-refractivity contribution in [1.29, 1.82) is 0 Å². The lowest BCUT2D eigenvalue weighted by Gasteiger charge is -2.12. The van der Waals surface area contributed by atoms with Gasteiger partial charge in [0.2, 0.25) is 0 Å². The van der Waals surface area contributed by atoms with Crippen molar-refractivity contribution in [2.24, 2.45) is 0 Å². The molecule has 3 heterocycles. The monoisotopic (exact) mass is 406 g/mol. The number of ketones is 1. The molecule has 144 valence electrons. The van der Waals surface area contributed by atoms with E-state index >= 15 is 0 Å². The van der Waals surface area contributed by atoms with E-state index in [-0.39, 0.29) is 11.6 Å². The number of anilines is 2. The van der Waals surface area contributed by atoms with Crippen molar-refractivity contribution in [2.75, 3.05) is 10.6 Å². The molecule has 4 rings (SSSR count). The molecule has 3 aromatic heterocycles. The molecule has 0 saturated heterocycles. The summed E-state index contributed by atoms with van der Waals surface area (Å²) >= 11 is 1.33. The zero-order valence-electron chi connectivity index (χ0n) is 15.3. The lowest BCUT2D eigenvalue weighted by Crippen LogP contribution is -2.20. The second-order valence-electron chi connectivity index (χ2n) is 6.26. The zero-order valence-corrected chi connectivity index (χ0v) is 16.1. The maximum atomic E-state index is 13.1. The number of pyridine rings is 2. The highest BCUT2D eigenvalue weighted by Crippen LogP contribution is 2.35. The highest BCUT2D eigenvalue weighted by atomic mass is 32.1. The molecule has 0 spiro atoms. The largest absolute Gasteiger partial charge is 0.324 e. The molecular formula is C21H15FN4O2S. The fraction of sp³-hybridized carbons (Fsp3) is 0.0476. The number of carbonyl (C=O) groups is 2. The first-order valence-electron chi connectivity index (χ1n) is 8.69. The van der Waals surface area contributed by atoms with Gasteiger partial charge < -0.3 is 5.32 Å². The molecule has 4 aromatic rings. The van der Waals surface area contributed by atoms with Crippen molar-refractivity contribution in [2.45, 2.75) is 6.92 Å². The van der Waals surface area contributed by atoms with Crippen LogP contribution in [0.4, 0.5) is 20.7 Å². The zero-order chi connectivity index (χ0) is 20.4. The van der Waals surface area contributed by atoms with Gasteiger partial charge in [0.25, 0.3) is 0 Å². The van der Waals surface area contributed by atoms with Gasteiger partial charge in [-0.2, -0.15) is 0 Å². The van der Waals surface area contributed by atoms with Gasteiger partial charge in [0.05, 0.1) is 10.4 Å². The fourth-order valence-corrected chi connectivity index (χ4v) is 3.69. The number of nitrogens with one attached hydrogen (secondary N) is 2. The SMILES string of the molecule is CC(=O)c1ccc(-c2cc3cnccc3nc2NC(=O)Nc2ccc(F)cc2)s1. The number of fused-ring (bicyclic) bond motifs is 1. The molecule has 0 aliphatic rings. The summed E-state index contributed by atoms with van der Waals surface area (Å²) in [6, 6.07) is 12.1. The summed E-state index contributed by atoms with van der Waals surface area (Å²) in [4.78, 5) is 34.2. The van der Waals surface area contributed by atoms with Gasteiger partial charge in [0.15, 0.2) is 5.78 Å². The summed E-state index contributed by atoms with van der Waals surface area (Å²) in [5.74, 6) is -0.0671. The quantitative estimate of drug-likeness (QED) is 0.448. The summed E-state index contributed by atoms with van der Waals surface area (Å²) in [6.45, 7) is 1.51. The first kappa shape index (κ1) is 18.7. The van der Waals surface area contributed by atoms with Crippen molar-refractivity contribution in [3.05, 3.63) is 71.6 Å². The van der Waals surface area contributed by atoms with Crippen LogP contribution in [-0.2, 0) is 0 Å². The molecule has 0 aliphatic heterocycles. The van der Waals surface area contributed by atoms with Crippen LogP contribution < -0.4 is 10.6 Å². The van der Waals surface area contributed by atoms with Crippen molar-refractivity contribution < 1.29 is 14.0 Å². The molecule has 2 amide bonds. The molecule has 0 unspecified atom stereocenters. The molecule has 0 atom stereocenters. The number of hydrogen-bond donors (Lipinski definition) is 2. The number of halogens is 1. The Labute approximate surface area is 169 Å². The van der Waals surface area contributed by atoms with E-state index in [1.165, 1.54) is 42.5 Å². The molecule has 0 bridgehead atoms. The Morgan fingerprint density at radius 3 is 2.55 bits per heavy atom. The number of hydrogen-bond acceptors (Lipinski definition) is 5. The van der Waals surface area contributed by atoms with Gasteiger partial charge in [-0.25, -0.2) is 14.2 Å². The molecular weight excluding hydrogens is 391 g/mol. The van der Waals surface area contributed by atoms with E-state index in [1.54, 1.807) is 24.5 Å². The minimum Gasteiger partial charge on any atom is -0.308 e. The van der Waals surface area contributed by atoms with Crippen molar-refractivity contribution in [3.63, 3.8) is 0 Å². The predicted molar refractivity (Wildman–Crippen MR) is 112 cm³/mol. The third-order valence-electron chi connectivity index (χ3n) is 4.17. The van der Waals surface area contributed by atoms with Crippen LogP contribution in [0.5, 0.6) is 0 Å². The summed E-state index contributed by atoms with van der Waals surface area (Å²) in [5, 5.41) is 6.21. The predicted octanol–water partition coefficient (Wildman–Crippen LogP) is 5.34. The van der Waals surface area contributed by atoms with Gasteiger partial charge in [-0.3, -0.25) is 15.1 Å². The summed E-state index contributed by atoms with van der Waals surface area (Å²) in [6.07, 6.45) is 3.31. The van der Waals surface area contributed by atoms with E-state index in [2.05, 4.69) is 20.6 Å². The summed E-state index contributed by atoms with van der Waals surface area (Å²) < 4.78 is 13.1. The van der Waals surface area contributed by atoms with Crippen LogP contribution in [0.3, 0.4) is 0 Å². The van der Waals surface area contributed by atoms with Gasteiger partial charge in [0, 0.05) is 33.9 Å². The average Bonchev–Trinajstić information content (AvgIpc) is 3.19. The third-order valence-corrected chi connectivity index (χ3v) is 5.39. The first-order valence-corrected chi connectivity index (χ1v) is 9.51. The van der Waals surface area contributed by atoms with Gasteiger partial charge in [-0.05, 0) is 55.5 Å². The number of urea groups is 1. The van der Waals surface area contributed by atoms with Gasteiger partial charge in [-0.15, -0.1) is 11.3 Å². The average molecular weight is 406 g/mol. The number of carbonyl (C=O) groups excluding carboxylic acids is 2. The highest BCUT2D eigenvalue weighted by Gasteiger charge is 2.15. The molecule has 6 nitrogen and oxygen atoms in total. The Kier molecular flexibility index (Phi) is 5.01. The maximum absolute atomic E-state index is 13.1. The normalized spacial score (nSPS) is 10.7. The van der Waals surface area contributed by atoms with Crippen molar-refractivity contribution >= 4 is 45.6 Å². The van der Waals surface area contributed by atoms with Crippen LogP contribution in [0.1, 0.15) is 16.6 Å². The van der Waals surface area contributed by atoms with Crippen LogP contribution in [-0.4, -0.2) is 21.8 Å². The fourth-order valence-electron chi connectivity index (χ4n) is 2.77. The first-order chi connectivity index (χ1) is 14.0. The lowest BCUT2D eigenvalue weighted by atomic mass is 10.1. The Morgan fingerprint density at radius 2 is 1.83 bits per heavy atom. The molecule has 0 radical (unpaired) electrons. The molecule has 0 saturated carbocycles. The van der Waals surface area contributed by atoms with Crippen LogP contribution >= 0.6 is 11.3 Å². The van der Waals surface area contributed by atoms with Crippen LogP contribution in [0, 0.1) is 5.82 Å². The minimum atomic E-state index is -0.512.